The van der Waals surface area contributed by atoms with E-state index in [1.54, 1.807) is 31.2 Å². The Morgan fingerprint density at radius 1 is 1.11 bits per heavy atom. The number of amides is 4. The minimum atomic E-state index is -1.15. The summed E-state index contributed by atoms with van der Waals surface area (Å²) in [6.45, 7) is 1.63. The smallest absolute Gasteiger partial charge is 0.322 e. The number of imide groups is 1. The molecule has 2 heterocycles. The van der Waals surface area contributed by atoms with Crippen LogP contribution >= 0.6 is 0 Å². The largest absolute Gasteiger partial charge is 0.361 e. The van der Waals surface area contributed by atoms with Crippen molar-refractivity contribution in [3.05, 3.63) is 65.9 Å². The van der Waals surface area contributed by atoms with E-state index in [0.29, 0.717) is 24.1 Å². The van der Waals surface area contributed by atoms with Crippen molar-refractivity contribution >= 4 is 34.4 Å². The number of aromatic amines is 1. The third-order valence-corrected chi connectivity index (χ3v) is 5.06. The molecule has 0 spiro atoms. The summed E-state index contributed by atoms with van der Waals surface area (Å²) >= 11 is 0. The maximum absolute atomic E-state index is 12.4. The number of carbonyl (C=O) groups excluding carboxylic acids is 3. The van der Waals surface area contributed by atoms with Crippen molar-refractivity contribution in [3.63, 3.8) is 0 Å². The van der Waals surface area contributed by atoms with Gasteiger partial charge in [-0.25, -0.2) is 4.79 Å². The summed E-state index contributed by atoms with van der Waals surface area (Å²) in [4.78, 5) is 39.2. The predicted octanol–water partition coefficient (Wildman–Crippen LogP) is 2.79. The van der Waals surface area contributed by atoms with Crippen LogP contribution in [-0.2, 0) is 21.5 Å². The first-order chi connectivity index (χ1) is 13.5. The van der Waals surface area contributed by atoms with Crippen molar-refractivity contribution in [1.82, 2.24) is 15.6 Å². The Morgan fingerprint density at radius 3 is 2.71 bits per heavy atom. The van der Waals surface area contributed by atoms with Crippen LogP contribution in [0.1, 0.15) is 24.5 Å². The molecule has 0 aliphatic carbocycles. The average molecular weight is 376 g/mol. The predicted molar refractivity (Wildman–Crippen MR) is 106 cm³/mol. The van der Waals surface area contributed by atoms with Gasteiger partial charge in [0.2, 0.25) is 5.91 Å². The van der Waals surface area contributed by atoms with E-state index in [-0.39, 0.29) is 5.91 Å². The van der Waals surface area contributed by atoms with E-state index >= 15 is 0 Å². The van der Waals surface area contributed by atoms with E-state index in [0.717, 1.165) is 16.5 Å². The number of hydrogen-bond acceptors (Lipinski definition) is 3. The zero-order valence-corrected chi connectivity index (χ0v) is 15.3. The van der Waals surface area contributed by atoms with E-state index in [9.17, 15) is 14.4 Å². The second kappa shape index (κ2) is 6.84. The average Bonchev–Trinajstić information content (AvgIpc) is 3.21. The number of benzene rings is 2. The molecular formula is C21H20N4O3. The Labute approximate surface area is 161 Å². The summed E-state index contributed by atoms with van der Waals surface area (Å²) in [6, 6.07) is 14.4. The maximum atomic E-state index is 12.4. The molecule has 4 rings (SSSR count). The number of carbonyl (C=O) groups is 3. The molecule has 28 heavy (non-hydrogen) atoms. The summed E-state index contributed by atoms with van der Waals surface area (Å²) in [7, 11) is 0. The molecule has 1 saturated heterocycles. The highest BCUT2D eigenvalue weighted by atomic mass is 16.2. The summed E-state index contributed by atoms with van der Waals surface area (Å²) in [5.74, 6) is -0.534. The summed E-state index contributed by atoms with van der Waals surface area (Å²) < 4.78 is 0. The number of nitrogens with one attached hydrogen (secondary N) is 4. The lowest BCUT2D eigenvalue weighted by Crippen LogP contribution is -2.40. The summed E-state index contributed by atoms with van der Waals surface area (Å²) in [5.41, 5.74) is 2.18. The van der Waals surface area contributed by atoms with Crippen molar-refractivity contribution in [1.29, 1.82) is 0 Å². The van der Waals surface area contributed by atoms with Gasteiger partial charge in [0.1, 0.15) is 5.54 Å². The van der Waals surface area contributed by atoms with Crippen LogP contribution in [0.15, 0.2) is 54.7 Å². The number of fused-ring (bicyclic) bond motifs is 1. The Kier molecular flexibility index (Phi) is 4.35. The van der Waals surface area contributed by atoms with Crippen molar-refractivity contribution in [2.75, 3.05) is 5.32 Å². The fourth-order valence-corrected chi connectivity index (χ4v) is 3.46. The van der Waals surface area contributed by atoms with Gasteiger partial charge in [0, 0.05) is 29.2 Å². The molecule has 1 unspecified atom stereocenters. The highest BCUT2D eigenvalue weighted by Gasteiger charge is 2.43. The van der Waals surface area contributed by atoms with Gasteiger partial charge in [-0.2, -0.15) is 0 Å². The van der Waals surface area contributed by atoms with E-state index < -0.39 is 17.5 Å². The number of aryl methyl sites for hydroxylation is 1. The third kappa shape index (κ3) is 3.22. The van der Waals surface area contributed by atoms with Gasteiger partial charge in [-0.05, 0) is 42.7 Å². The molecule has 1 atom stereocenters. The first-order valence-electron chi connectivity index (χ1n) is 9.05. The van der Waals surface area contributed by atoms with Gasteiger partial charge in [-0.15, -0.1) is 0 Å². The Hall–Kier alpha value is -3.61. The van der Waals surface area contributed by atoms with Crippen LogP contribution in [-0.4, -0.2) is 22.8 Å². The minimum Gasteiger partial charge on any atom is -0.361 e. The molecule has 7 nitrogen and oxygen atoms in total. The van der Waals surface area contributed by atoms with E-state index in [4.69, 9.17) is 0 Å². The van der Waals surface area contributed by atoms with Gasteiger partial charge in [0.15, 0.2) is 0 Å². The van der Waals surface area contributed by atoms with Crippen LogP contribution in [0.25, 0.3) is 10.9 Å². The standard InChI is InChI=1S/C21H20N4O3/c1-21(19(27)24-20(28)25-21)14-5-4-6-15(11-14)23-18(26)10-9-13-12-22-17-8-3-2-7-16(13)17/h2-8,11-12,22H,9-10H2,1H3,(H,23,26)(H2,24,25,27,28). The maximum Gasteiger partial charge on any atom is 0.322 e. The molecule has 1 aliphatic rings. The molecule has 4 amide bonds. The van der Waals surface area contributed by atoms with Gasteiger partial charge in [-0.3, -0.25) is 14.9 Å². The molecule has 3 aromatic rings. The second-order valence-corrected chi connectivity index (χ2v) is 7.02. The Morgan fingerprint density at radius 2 is 1.93 bits per heavy atom. The fraction of sp³-hybridized carbons (Fsp3) is 0.190. The molecule has 0 bridgehead atoms. The normalized spacial score (nSPS) is 18.8. The zero-order chi connectivity index (χ0) is 19.7. The highest BCUT2D eigenvalue weighted by molar-refractivity contribution is 6.07. The van der Waals surface area contributed by atoms with Crippen LogP contribution < -0.4 is 16.0 Å². The van der Waals surface area contributed by atoms with Crippen LogP contribution in [0.4, 0.5) is 10.5 Å². The van der Waals surface area contributed by atoms with Crippen molar-refractivity contribution in [2.45, 2.75) is 25.3 Å². The fourth-order valence-electron chi connectivity index (χ4n) is 3.46. The zero-order valence-electron chi connectivity index (χ0n) is 15.3. The van der Waals surface area contributed by atoms with E-state index in [2.05, 4.69) is 20.9 Å². The number of rotatable bonds is 5. The van der Waals surface area contributed by atoms with Crippen LogP contribution in [0, 0.1) is 0 Å². The van der Waals surface area contributed by atoms with Gasteiger partial charge in [-0.1, -0.05) is 30.3 Å². The molecule has 1 fully saturated rings. The Bertz CT molecular complexity index is 1090. The molecule has 142 valence electrons. The number of anilines is 1. The van der Waals surface area contributed by atoms with E-state index in [1.807, 2.05) is 30.5 Å². The number of urea groups is 1. The van der Waals surface area contributed by atoms with Crippen molar-refractivity contribution < 1.29 is 14.4 Å². The highest BCUT2D eigenvalue weighted by Crippen LogP contribution is 2.26. The molecule has 7 heteroatoms. The van der Waals surface area contributed by atoms with Gasteiger partial charge in [0.05, 0.1) is 0 Å². The SMILES string of the molecule is CC1(c2cccc(NC(=O)CCc3c[nH]c4ccccc34)c2)NC(=O)NC1=O. The number of H-pyrrole nitrogens is 1. The number of hydrogen-bond donors (Lipinski definition) is 4. The minimum absolute atomic E-state index is 0.118. The van der Waals surface area contributed by atoms with Gasteiger partial charge >= 0.3 is 6.03 Å². The lowest BCUT2D eigenvalue weighted by Gasteiger charge is -2.21. The van der Waals surface area contributed by atoms with Gasteiger partial charge in [0.25, 0.3) is 5.91 Å². The number of para-hydroxylation sites is 1. The quantitative estimate of drug-likeness (QED) is 0.515. The first kappa shape index (κ1) is 17.8. The van der Waals surface area contributed by atoms with E-state index in [1.165, 1.54) is 0 Å². The topological polar surface area (TPSA) is 103 Å². The monoisotopic (exact) mass is 376 g/mol. The molecular weight excluding hydrogens is 356 g/mol. The van der Waals surface area contributed by atoms with Crippen molar-refractivity contribution in [3.8, 4) is 0 Å². The lowest BCUT2D eigenvalue weighted by atomic mass is 9.92. The molecule has 2 aromatic carbocycles. The van der Waals surface area contributed by atoms with Crippen LogP contribution in [0.3, 0.4) is 0 Å². The Balaban J connectivity index is 1.44. The van der Waals surface area contributed by atoms with Crippen molar-refractivity contribution in [2.24, 2.45) is 0 Å². The summed E-state index contributed by atoms with van der Waals surface area (Å²) in [5, 5.41) is 8.84. The number of aromatic nitrogens is 1. The first-order valence-corrected chi connectivity index (χ1v) is 9.05. The molecule has 4 N–H and O–H groups in total. The van der Waals surface area contributed by atoms with Crippen LogP contribution in [0.5, 0.6) is 0 Å². The molecule has 0 saturated carbocycles. The molecule has 1 aromatic heterocycles. The molecule has 1 aliphatic heterocycles. The second-order valence-electron chi connectivity index (χ2n) is 7.02. The van der Waals surface area contributed by atoms with Crippen LogP contribution in [0.2, 0.25) is 0 Å². The molecule has 0 radical (unpaired) electrons. The summed E-state index contributed by atoms with van der Waals surface area (Å²) in [6.07, 6.45) is 2.88. The lowest BCUT2D eigenvalue weighted by molar-refractivity contribution is -0.123. The van der Waals surface area contributed by atoms with Gasteiger partial charge < -0.3 is 15.6 Å². The third-order valence-electron chi connectivity index (χ3n) is 5.06.